The first kappa shape index (κ1) is 9.17. The van der Waals surface area contributed by atoms with E-state index in [0.717, 1.165) is 24.8 Å². The summed E-state index contributed by atoms with van der Waals surface area (Å²) < 4.78 is 12.9. The lowest BCUT2D eigenvalue weighted by Crippen LogP contribution is -2.43. The SMILES string of the molecule is N#Cc1cc(F)ccc1C1(N)CCC1. The number of nitrogens with two attached hydrogens (primary N) is 1. The minimum atomic E-state index is -0.390. The number of halogens is 1. The zero-order valence-electron chi connectivity index (χ0n) is 7.76. The van der Waals surface area contributed by atoms with Gasteiger partial charge in [0.1, 0.15) is 5.82 Å². The summed E-state index contributed by atoms with van der Waals surface area (Å²) in [5, 5.41) is 8.85. The molecule has 2 N–H and O–H groups in total. The molecule has 0 unspecified atom stereocenters. The van der Waals surface area contributed by atoms with Gasteiger partial charge in [0, 0.05) is 5.54 Å². The van der Waals surface area contributed by atoms with Crippen LogP contribution in [0.3, 0.4) is 0 Å². The first-order chi connectivity index (χ1) is 6.65. The summed E-state index contributed by atoms with van der Waals surface area (Å²) >= 11 is 0. The lowest BCUT2D eigenvalue weighted by molar-refractivity contribution is 0.253. The maximum atomic E-state index is 12.9. The van der Waals surface area contributed by atoms with Crippen LogP contribution in [0.2, 0.25) is 0 Å². The van der Waals surface area contributed by atoms with Gasteiger partial charge in [0.05, 0.1) is 11.6 Å². The quantitative estimate of drug-likeness (QED) is 0.736. The Labute approximate surface area is 82.1 Å². The average Bonchev–Trinajstić information content (AvgIpc) is 2.14. The number of nitrogens with zero attached hydrogens (tertiary/aromatic N) is 1. The van der Waals surface area contributed by atoms with Gasteiger partial charge in [-0.15, -0.1) is 0 Å². The molecule has 0 aliphatic heterocycles. The van der Waals surface area contributed by atoms with Crippen LogP contribution >= 0.6 is 0 Å². The third-order valence-electron chi connectivity index (χ3n) is 2.88. The van der Waals surface area contributed by atoms with Crippen molar-refractivity contribution in [2.75, 3.05) is 0 Å². The van der Waals surface area contributed by atoms with Crippen LogP contribution < -0.4 is 5.73 Å². The lowest BCUT2D eigenvalue weighted by atomic mass is 9.71. The number of hydrogen-bond acceptors (Lipinski definition) is 2. The normalized spacial score (nSPS) is 18.4. The van der Waals surface area contributed by atoms with Crippen molar-refractivity contribution >= 4 is 0 Å². The van der Waals surface area contributed by atoms with E-state index >= 15 is 0 Å². The van der Waals surface area contributed by atoms with Crippen molar-refractivity contribution in [3.05, 3.63) is 35.1 Å². The summed E-state index contributed by atoms with van der Waals surface area (Å²) in [5.41, 5.74) is 6.84. The van der Waals surface area contributed by atoms with Gasteiger partial charge in [0.2, 0.25) is 0 Å². The summed E-state index contributed by atoms with van der Waals surface area (Å²) in [5.74, 6) is -0.381. The Morgan fingerprint density at radius 3 is 2.64 bits per heavy atom. The van der Waals surface area contributed by atoms with Gasteiger partial charge < -0.3 is 5.73 Å². The van der Waals surface area contributed by atoms with Crippen molar-refractivity contribution in [1.82, 2.24) is 0 Å². The first-order valence-corrected chi connectivity index (χ1v) is 4.65. The number of rotatable bonds is 1. The van der Waals surface area contributed by atoms with Crippen LogP contribution in [0.4, 0.5) is 4.39 Å². The Hall–Kier alpha value is -1.40. The Kier molecular flexibility index (Phi) is 2.01. The van der Waals surface area contributed by atoms with E-state index in [1.807, 2.05) is 6.07 Å². The molecule has 72 valence electrons. The molecule has 14 heavy (non-hydrogen) atoms. The van der Waals surface area contributed by atoms with E-state index in [0.29, 0.717) is 5.56 Å². The highest BCUT2D eigenvalue weighted by molar-refractivity contribution is 5.43. The molecule has 0 heterocycles. The second-order valence-electron chi connectivity index (χ2n) is 3.81. The largest absolute Gasteiger partial charge is 0.321 e. The molecule has 0 saturated heterocycles. The van der Waals surface area contributed by atoms with Gasteiger partial charge in [0.15, 0.2) is 0 Å². The fraction of sp³-hybridized carbons (Fsp3) is 0.364. The van der Waals surface area contributed by atoms with Crippen LogP contribution in [0.1, 0.15) is 30.4 Å². The molecule has 1 aromatic rings. The van der Waals surface area contributed by atoms with E-state index in [-0.39, 0.29) is 5.82 Å². The van der Waals surface area contributed by atoms with Crippen molar-refractivity contribution in [2.45, 2.75) is 24.8 Å². The van der Waals surface area contributed by atoms with E-state index in [9.17, 15) is 4.39 Å². The molecule has 0 atom stereocenters. The molecule has 0 spiro atoms. The van der Waals surface area contributed by atoms with Crippen LogP contribution in [-0.4, -0.2) is 0 Å². The van der Waals surface area contributed by atoms with Gasteiger partial charge in [-0.2, -0.15) is 5.26 Å². The predicted molar refractivity (Wildman–Crippen MR) is 50.8 cm³/mol. The second kappa shape index (κ2) is 3.07. The molecular formula is C11H11FN2. The van der Waals surface area contributed by atoms with Gasteiger partial charge in [-0.05, 0) is 37.0 Å². The molecule has 1 saturated carbocycles. The third kappa shape index (κ3) is 1.28. The monoisotopic (exact) mass is 190 g/mol. The Balaban J connectivity index is 2.48. The molecule has 2 rings (SSSR count). The first-order valence-electron chi connectivity index (χ1n) is 4.65. The standard InChI is InChI=1S/C11H11FN2/c12-9-2-3-10(8(6-9)7-13)11(14)4-1-5-11/h2-3,6H,1,4-5,14H2. The summed E-state index contributed by atoms with van der Waals surface area (Å²) in [4.78, 5) is 0. The van der Waals surface area contributed by atoms with E-state index in [1.165, 1.54) is 12.1 Å². The van der Waals surface area contributed by atoms with E-state index in [1.54, 1.807) is 6.07 Å². The highest BCUT2D eigenvalue weighted by Gasteiger charge is 2.36. The van der Waals surface area contributed by atoms with Crippen LogP contribution in [0.25, 0.3) is 0 Å². The van der Waals surface area contributed by atoms with Crippen molar-refractivity contribution in [3.63, 3.8) is 0 Å². The number of hydrogen-bond donors (Lipinski definition) is 1. The van der Waals surface area contributed by atoms with Crippen LogP contribution in [0, 0.1) is 17.1 Å². The topological polar surface area (TPSA) is 49.8 Å². The molecular weight excluding hydrogens is 179 g/mol. The van der Waals surface area contributed by atoms with Gasteiger partial charge in [-0.25, -0.2) is 4.39 Å². The summed E-state index contributed by atoms with van der Waals surface area (Å²) in [7, 11) is 0. The Morgan fingerprint density at radius 2 is 2.14 bits per heavy atom. The lowest BCUT2D eigenvalue weighted by Gasteiger charge is -2.39. The van der Waals surface area contributed by atoms with Crippen molar-refractivity contribution < 1.29 is 4.39 Å². The maximum Gasteiger partial charge on any atom is 0.124 e. The molecule has 0 amide bonds. The van der Waals surface area contributed by atoms with Crippen LogP contribution in [0.5, 0.6) is 0 Å². The van der Waals surface area contributed by atoms with Crippen molar-refractivity contribution in [2.24, 2.45) is 5.73 Å². The van der Waals surface area contributed by atoms with E-state index in [4.69, 9.17) is 11.0 Å². The van der Waals surface area contributed by atoms with Crippen LogP contribution in [-0.2, 0) is 5.54 Å². The second-order valence-corrected chi connectivity index (χ2v) is 3.81. The van der Waals surface area contributed by atoms with Gasteiger partial charge in [0.25, 0.3) is 0 Å². The molecule has 0 aromatic heterocycles. The third-order valence-corrected chi connectivity index (χ3v) is 2.88. The zero-order chi connectivity index (χ0) is 10.2. The van der Waals surface area contributed by atoms with E-state index in [2.05, 4.69) is 0 Å². The number of benzene rings is 1. The fourth-order valence-electron chi connectivity index (χ4n) is 1.87. The molecule has 0 radical (unpaired) electrons. The Morgan fingerprint density at radius 1 is 1.43 bits per heavy atom. The van der Waals surface area contributed by atoms with Crippen LogP contribution in [0.15, 0.2) is 18.2 Å². The zero-order valence-corrected chi connectivity index (χ0v) is 7.76. The van der Waals surface area contributed by atoms with Crippen molar-refractivity contribution in [3.8, 4) is 6.07 Å². The molecule has 1 aliphatic rings. The highest BCUT2D eigenvalue weighted by atomic mass is 19.1. The van der Waals surface area contributed by atoms with Gasteiger partial charge in [-0.1, -0.05) is 6.07 Å². The minimum absolute atomic E-state index is 0.368. The average molecular weight is 190 g/mol. The summed E-state index contributed by atoms with van der Waals surface area (Å²) in [6.07, 6.45) is 2.85. The van der Waals surface area contributed by atoms with Gasteiger partial charge in [-0.3, -0.25) is 0 Å². The maximum absolute atomic E-state index is 12.9. The summed E-state index contributed by atoms with van der Waals surface area (Å²) in [6, 6.07) is 6.24. The number of nitriles is 1. The molecule has 0 bridgehead atoms. The summed E-state index contributed by atoms with van der Waals surface area (Å²) in [6.45, 7) is 0. The molecule has 1 aliphatic carbocycles. The van der Waals surface area contributed by atoms with Crippen molar-refractivity contribution in [1.29, 1.82) is 5.26 Å². The highest BCUT2D eigenvalue weighted by Crippen LogP contribution is 2.40. The molecule has 1 fully saturated rings. The van der Waals surface area contributed by atoms with Gasteiger partial charge >= 0.3 is 0 Å². The molecule has 1 aromatic carbocycles. The smallest absolute Gasteiger partial charge is 0.124 e. The molecule has 3 heteroatoms. The predicted octanol–water partition coefficient (Wildman–Crippen LogP) is 2.04. The fourth-order valence-corrected chi connectivity index (χ4v) is 1.87. The Bertz CT molecular complexity index is 402. The molecule has 2 nitrogen and oxygen atoms in total. The van der Waals surface area contributed by atoms with E-state index < -0.39 is 5.54 Å². The minimum Gasteiger partial charge on any atom is -0.321 e.